The van der Waals surface area contributed by atoms with E-state index in [0.29, 0.717) is 5.56 Å². The predicted octanol–water partition coefficient (Wildman–Crippen LogP) is 4.82. The highest BCUT2D eigenvalue weighted by Crippen LogP contribution is 2.53. The summed E-state index contributed by atoms with van der Waals surface area (Å²) in [5, 5.41) is 0.848. The Labute approximate surface area is 164 Å². The minimum absolute atomic E-state index is 0.0770. The summed E-state index contributed by atoms with van der Waals surface area (Å²) in [5.74, 6) is -0.319. The molecule has 3 nitrogen and oxygen atoms in total. The third kappa shape index (κ3) is 3.12. The zero-order valence-electron chi connectivity index (χ0n) is 15.9. The Bertz CT molecular complexity index is 828. The molecule has 0 bridgehead atoms. The monoisotopic (exact) mass is 414 g/mol. The van der Waals surface area contributed by atoms with Crippen LogP contribution in [0.2, 0.25) is 5.31 Å². The van der Waals surface area contributed by atoms with Crippen LogP contribution in [0.4, 0.5) is 0 Å². The highest BCUT2D eigenvalue weighted by atomic mass is 79.9. The molecule has 0 N–H and O–H groups in total. The smallest absolute Gasteiger partial charge is 0.337 e. The maximum absolute atomic E-state index is 11.6. The predicted molar refractivity (Wildman–Crippen MR) is 110 cm³/mol. The van der Waals surface area contributed by atoms with Gasteiger partial charge in [0.1, 0.15) is 0 Å². The standard InChI is InChI=1S/C21H24BBrO3/c1-20(2)21(3,4)26-22(20)18-11-10-16(12-17(18)13-23)14-6-8-15(9-7-14)19(24)25-5/h6-12H,13H2,1-5H3. The third-order valence-corrected chi connectivity index (χ3v) is 6.43. The first-order chi connectivity index (χ1) is 12.2. The molecule has 1 fully saturated rings. The first-order valence-electron chi connectivity index (χ1n) is 8.76. The normalized spacial score (nSPS) is 17.5. The zero-order valence-corrected chi connectivity index (χ0v) is 17.5. The van der Waals surface area contributed by atoms with Crippen LogP contribution >= 0.6 is 15.9 Å². The molecule has 0 saturated carbocycles. The molecule has 5 heteroatoms. The van der Waals surface area contributed by atoms with E-state index >= 15 is 0 Å². The van der Waals surface area contributed by atoms with Gasteiger partial charge in [0.25, 0.3) is 0 Å². The number of methoxy groups -OCH3 is 1. The molecule has 2 aromatic rings. The molecule has 3 rings (SSSR count). The van der Waals surface area contributed by atoms with Crippen LogP contribution in [-0.4, -0.2) is 25.6 Å². The molecule has 1 aliphatic rings. The van der Waals surface area contributed by atoms with E-state index in [2.05, 4.69) is 61.8 Å². The van der Waals surface area contributed by atoms with Crippen LogP contribution in [0.1, 0.15) is 43.6 Å². The molecule has 0 unspecified atom stereocenters. The van der Waals surface area contributed by atoms with E-state index in [1.54, 1.807) is 12.1 Å². The SMILES string of the molecule is COC(=O)c1ccc(-c2ccc(B3OC(C)(C)C3(C)C)c(CBr)c2)cc1. The number of halogens is 1. The molecular formula is C21H24BBrO3. The van der Waals surface area contributed by atoms with Crippen molar-refractivity contribution in [1.82, 2.24) is 0 Å². The summed E-state index contributed by atoms with van der Waals surface area (Å²) in [5.41, 5.74) is 5.09. The van der Waals surface area contributed by atoms with Crippen LogP contribution in [0, 0.1) is 0 Å². The summed E-state index contributed by atoms with van der Waals surface area (Å²) in [6.45, 7) is 8.92. The molecule has 2 aromatic carbocycles. The van der Waals surface area contributed by atoms with E-state index in [1.165, 1.54) is 18.1 Å². The van der Waals surface area contributed by atoms with Gasteiger partial charge in [-0.25, -0.2) is 4.79 Å². The van der Waals surface area contributed by atoms with Crippen molar-refractivity contribution in [3.8, 4) is 11.1 Å². The largest absolute Gasteiger partial charge is 0.465 e. The van der Waals surface area contributed by atoms with Crippen LogP contribution in [0.25, 0.3) is 11.1 Å². The lowest BCUT2D eigenvalue weighted by molar-refractivity contribution is -0.00944. The minimum atomic E-state index is -0.319. The molecule has 0 radical (unpaired) electrons. The van der Waals surface area contributed by atoms with Crippen molar-refractivity contribution in [2.75, 3.05) is 7.11 Å². The van der Waals surface area contributed by atoms with Gasteiger partial charge >= 0.3 is 12.9 Å². The van der Waals surface area contributed by atoms with Crippen LogP contribution in [-0.2, 0) is 14.7 Å². The van der Waals surface area contributed by atoms with Crippen molar-refractivity contribution in [1.29, 1.82) is 0 Å². The number of hydrogen-bond acceptors (Lipinski definition) is 3. The van der Waals surface area contributed by atoms with Gasteiger partial charge in [0.05, 0.1) is 12.7 Å². The Hall–Kier alpha value is -1.59. The molecule has 26 heavy (non-hydrogen) atoms. The molecule has 0 aromatic heterocycles. The number of esters is 1. The Morgan fingerprint density at radius 3 is 2.19 bits per heavy atom. The fourth-order valence-electron chi connectivity index (χ4n) is 3.38. The third-order valence-electron chi connectivity index (χ3n) is 5.83. The number of benzene rings is 2. The van der Waals surface area contributed by atoms with Crippen LogP contribution in [0.3, 0.4) is 0 Å². The summed E-state index contributed by atoms with van der Waals surface area (Å²) in [6.07, 6.45) is 0. The van der Waals surface area contributed by atoms with Gasteiger partial charge in [0.15, 0.2) is 0 Å². The number of hydrogen-bond donors (Lipinski definition) is 0. The maximum Gasteiger partial charge on any atom is 0.337 e. The van der Waals surface area contributed by atoms with Gasteiger partial charge in [-0.15, -0.1) is 0 Å². The van der Waals surface area contributed by atoms with Crippen LogP contribution < -0.4 is 5.46 Å². The number of carbonyl (C=O) groups excluding carboxylic acids is 1. The second-order valence-corrected chi connectivity index (χ2v) is 8.41. The van der Waals surface area contributed by atoms with Crippen molar-refractivity contribution >= 4 is 34.3 Å². The van der Waals surface area contributed by atoms with E-state index in [0.717, 1.165) is 16.5 Å². The van der Waals surface area contributed by atoms with E-state index in [4.69, 9.17) is 9.39 Å². The highest BCUT2D eigenvalue weighted by molar-refractivity contribution is 9.08. The summed E-state index contributed by atoms with van der Waals surface area (Å²) in [4.78, 5) is 11.6. The summed E-state index contributed by atoms with van der Waals surface area (Å²) in [7, 11) is 1.39. The Morgan fingerprint density at radius 1 is 1.08 bits per heavy atom. The van der Waals surface area contributed by atoms with Crippen LogP contribution in [0.15, 0.2) is 42.5 Å². The van der Waals surface area contributed by atoms with E-state index < -0.39 is 0 Å². The second-order valence-electron chi connectivity index (χ2n) is 7.85. The van der Waals surface area contributed by atoms with E-state index in [1.807, 2.05) is 12.1 Å². The first kappa shape index (κ1) is 19.2. The fourth-order valence-corrected chi connectivity index (χ4v) is 3.86. The van der Waals surface area contributed by atoms with Crippen molar-refractivity contribution in [3.63, 3.8) is 0 Å². The fraction of sp³-hybridized carbons (Fsp3) is 0.381. The maximum atomic E-state index is 11.6. The summed E-state index contributed by atoms with van der Waals surface area (Å²) in [6, 6.07) is 14.0. The number of alkyl halides is 1. The number of ether oxygens (including phenoxy) is 1. The lowest BCUT2D eigenvalue weighted by atomic mass is 9.32. The Kier molecular flexibility index (Phi) is 5.06. The van der Waals surface area contributed by atoms with Crippen molar-refractivity contribution < 1.29 is 14.2 Å². The quantitative estimate of drug-likeness (QED) is 0.408. The van der Waals surface area contributed by atoms with Gasteiger partial charge < -0.3 is 9.39 Å². The molecule has 0 spiro atoms. The van der Waals surface area contributed by atoms with Gasteiger partial charge in [-0.2, -0.15) is 0 Å². The van der Waals surface area contributed by atoms with Crippen molar-refractivity contribution in [2.45, 2.75) is 43.9 Å². The van der Waals surface area contributed by atoms with Crippen molar-refractivity contribution in [2.24, 2.45) is 0 Å². The van der Waals surface area contributed by atoms with Gasteiger partial charge in [0.2, 0.25) is 0 Å². The van der Waals surface area contributed by atoms with Gasteiger partial charge in [-0.05, 0) is 48.1 Å². The molecule has 1 saturated heterocycles. The second kappa shape index (κ2) is 6.86. The van der Waals surface area contributed by atoms with Gasteiger partial charge in [0, 0.05) is 16.2 Å². The highest BCUT2D eigenvalue weighted by Gasteiger charge is 2.59. The zero-order chi connectivity index (χ0) is 19.1. The van der Waals surface area contributed by atoms with E-state index in [9.17, 15) is 4.79 Å². The average molecular weight is 415 g/mol. The molecule has 1 aliphatic heterocycles. The number of carbonyl (C=O) groups is 1. The Morgan fingerprint density at radius 2 is 1.69 bits per heavy atom. The Balaban J connectivity index is 1.91. The lowest BCUT2D eigenvalue weighted by Crippen LogP contribution is -2.67. The molecule has 0 atom stereocenters. The molecular weight excluding hydrogens is 391 g/mol. The summed E-state index contributed by atoms with van der Waals surface area (Å²) < 4.78 is 11.0. The first-order valence-corrected chi connectivity index (χ1v) is 9.89. The topological polar surface area (TPSA) is 35.5 Å². The minimum Gasteiger partial charge on any atom is -0.465 e. The van der Waals surface area contributed by atoms with Gasteiger partial charge in [-0.3, -0.25) is 0 Å². The summed E-state index contributed by atoms with van der Waals surface area (Å²) >= 11 is 3.63. The number of rotatable bonds is 4. The average Bonchev–Trinajstić information content (AvgIpc) is 2.65. The molecule has 136 valence electrons. The molecule has 0 amide bonds. The van der Waals surface area contributed by atoms with Crippen LogP contribution in [0.5, 0.6) is 0 Å². The van der Waals surface area contributed by atoms with Crippen molar-refractivity contribution in [3.05, 3.63) is 53.6 Å². The van der Waals surface area contributed by atoms with E-state index in [-0.39, 0.29) is 23.8 Å². The molecule has 1 heterocycles. The molecule has 0 aliphatic carbocycles. The lowest BCUT2D eigenvalue weighted by Gasteiger charge is -2.57. The van der Waals surface area contributed by atoms with Gasteiger partial charge in [-0.1, -0.05) is 60.1 Å².